The number of carbonyl (C=O) groups excluding carboxylic acids is 2. The lowest BCUT2D eigenvalue weighted by molar-refractivity contribution is -0.119. The maximum atomic E-state index is 12.2. The van der Waals surface area contributed by atoms with Crippen LogP contribution in [0.1, 0.15) is 12.5 Å². The van der Waals surface area contributed by atoms with E-state index in [-0.39, 0.29) is 0 Å². The van der Waals surface area contributed by atoms with Crippen LogP contribution in [0.4, 0.5) is 10.7 Å². The largest absolute Gasteiger partial charge is 0.378 e. The normalized spacial score (nSPS) is 15.2. The van der Waals surface area contributed by atoms with Crippen LogP contribution in [0.2, 0.25) is 0 Å². The number of morpholine rings is 1. The Labute approximate surface area is 167 Å². The molecule has 0 radical (unpaired) electrons. The fourth-order valence-corrected chi connectivity index (χ4v) is 3.58. The van der Waals surface area contributed by atoms with E-state index in [1.807, 2.05) is 35.8 Å². The van der Waals surface area contributed by atoms with Gasteiger partial charge in [0.1, 0.15) is 0 Å². The van der Waals surface area contributed by atoms with Crippen molar-refractivity contribution >= 4 is 29.6 Å². The van der Waals surface area contributed by atoms with E-state index in [1.54, 1.807) is 6.92 Å². The molecule has 2 heterocycles. The molecule has 150 valence electrons. The van der Waals surface area contributed by atoms with Gasteiger partial charge in [0, 0.05) is 20.1 Å². The zero-order valence-corrected chi connectivity index (χ0v) is 17.0. The number of amides is 3. The van der Waals surface area contributed by atoms with Crippen LogP contribution >= 0.6 is 11.8 Å². The van der Waals surface area contributed by atoms with Crippen molar-refractivity contribution in [1.82, 2.24) is 25.4 Å². The summed E-state index contributed by atoms with van der Waals surface area (Å²) in [7, 11) is 1.46. The van der Waals surface area contributed by atoms with Gasteiger partial charge in [0.25, 0.3) is 0 Å². The molecule has 3 rings (SSSR count). The molecule has 1 fully saturated rings. The van der Waals surface area contributed by atoms with Gasteiger partial charge in [-0.1, -0.05) is 29.5 Å². The third-order valence-electron chi connectivity index (χ3n) is 4.32. The van der Waals surface area contributed by atoms with Crippen molar-refractivity contribution in [2.45, 2.75) is 24.3 Å². The lowest BCUT2D eigenvalue weighted by Crippen LogP contribution is -2.41. The predicted molar refractivity (Wildman–Crippen MR) is 107 cm³/mol. The number of nitrogens with one attached hydrogen (secondary N) is 2. The minimum Gasteiger partial charge on any atom is -0.378 e. The average Bonchev–Trinajstić information content (AvgIpc) is 3.12. The number of urea groups is 1. The van der Waals surface area contributed by atoms with Gasteiger partial charge in [-0.05, 0) is 26.0 Å². The van der Waals surface area contributed by atoms with E-state index in [0.29, 0.717) is 24.3 Å². The van der Waals surface area contributed by atoms with E-state index < -0.39 is 17.2 Å². The lowest BCUT2D eigenvalue weighted by Gasteiger charge is -2.28. The molecular formula is C18H24N6O3S. The molecule has 1 saturated heterocycles. The van der Waals surface area contributed by atoms with Crippen molar-refractivity contribution in [2.24, 2.45) is 0 Å². The molecule has 3 amide bonds. The number of rotatable bonds is 5. The van der Waals surface area contributed by atoms with E-state index in [1.165, 1.54) is 18.8 Å². The molecule has 10 heteroatoms. The SMILES string of the molecule is CNC(=O)NC(=O)C(C)Sc1nnc(N2CCOCC2)n1-c1ccc(C)cc1. The van der Waals surface area contributed by atoms with Gasteiger partial charge in [-0.2, -0.15) is 0 Å². The zero-order chi connectivity index (χ0) is 20.1. The highest BCUT2D eigenvalue weighted by Crippen LogP contribution is 2.29. The smallest absolute Gasteiger partial charge is 0.321 e. The third-order valence-corrected chi connectivity index (χ3v) is 5.36. The minimum absolute atomic E-state index is 0.393. The van der Waals surface area contributed by atoms with E-state index in [9.17, 15) is 9.59 Å². The number of nitrogens with zero attached hydrogens (tertiary/aromatic N) is 4. The van der Waals surface area contributed by atoms with Gasteiger partial charge in [0.2, 0.25) is 11.9 Å². The van der Waals surface area contributed by atoms with Gasteiger partial charge < -0.3 is 15.0 Å². The number of carbonyl (C=O) groups is 2. The van der Waals surface area contributed by atoms with Crippen LogP contribution < -0.4 is 15.5 Å². The molecule has 1 aliphatic heterocycles. The molecule has 28 heavy (non-hydrogen) atoms. The maximum absolute atomic E-state index is 12.2. The Hall–Kier alpha value is -2.59. The maximum Gasteiger partial charge on any atom is 0.321 e. The highest BCUT2D eigenvalue weighted by Gasteiger charge is 2.25. The number of anilines is 1. The second kappa shape index (κ2) is 9.07. The molecule has 0 saturated carbocycles. The molecule has 2 N–H and O–H groups in total. The molecule has 1 atom stereocenters. The summed E-state index contributed by atoms with van der Waals surface area (Å²) in [6, 6.07) is 7.51. The first kappa shape index (κ1) is 20.2. The number of hydrogen-bond donors (Lipinski definition) is 2. The Morgan fingerprint density at radius 1 is 1.18 bits per heavy atom. The summed E-state index contributed by atoms with van der Waals surface area (Å²) in [6.45, 7) is 6.47. The summed E-state index contributed by atoms with van der Waals surface area (Å²) in [5.74, 6) is 0.323. The molecule has 0 bridgehead atoms. The Kier molecular flexibility index (Phi) is 6.53. The van der Waals surface area contributed by atoms with Crippen LogP contribution in [0.3, 0.4) is 0 Å². The monoisotopic (exact) mass is 404 g/mol. The molecular weight excluding hydrogens is 380 g/mol. The topological polar surface area (TPSA) is 101 Å². The quantitative estimate of drug-likeness (QED) is 0.726. The molecule has 1 aromatic carbocycles. The molecule has 1 aromatic heterocycles. The van der Waals surface area contributed by atoms with Gasteiger partial charge in [-0.3, -0.25) is 14.7 Å². The van der Waals surface area contributed by atoms with Crippen LogP contribution in [-0.4, -0.2) is 65.3 Å². The van der Waals surface area contributed by atoms with Gasteiger partial charge >= 0.3 is 6.03 Å². The molecule has 1 aliphatic rings. The first-order valence-electron chi connectivity index (χ1n) is 9.04. The second-order valence-corrected chi connectivity index (χ2v) is 7.69. The molecule has 1 unspecified atom stereocenters. The summed E-state index contributed by atoms with van der Waals surface area (Å²) < 4.78 is 7.38. The number of thioether (sulfide) groups is 1. The van der Waals surface area contributed by atoms with Crippen molar-refractivity contribution in [3.8, 4) is 5.69 Å². The summed E-state index contributed by atoms with van der Waals surface area (Å²) >= 11 is 1.25. The van der Waals surface area contributed by atoms with Crippen LogP contribution in [0, 0.1) is 6.92 Å². The Bertz CT molecular complexity index is 832. The first-order valence-corrected chi connectivity index (χ1v) is 9.92. The molecule has 9 nitrogen and oxygen atoms in total. The van der Waals surface area contributed by atoms with Gasteiger partial charge in [-0.15, -0.1) is 10.2 Å². The summed E-state index contributed by atoms with van der Waals surface area (Å²) in [5, 5.41) is 13.4. The number of benzene rings is 1. The molecule has 0 aliphatic carbocycles. The Morgan fingerprint density at radius 3 is 2.50 bits per heavy atom. The number of hydrogen-bond acceptors (Lipinski definition) is 7. The Balaban J connectivity index is 1.90. The van der Waals surface area contributed by atoms with E-state index in [0.717, 1.165) is 24.3 Å². The van der Waals surface area contributed by atoms with Crippen LogP contribution in [-0.2, 0) is 9.53 Å². The Morgan fingerprint density at radius 2 is 1.86 bits per heavy atom. The number of aromatic nitrogens is 3. The zero-order valence-electron chi connectivity index (χ0n) is 16.1. The van der Waals surface area contributed by atoms with Crippen molar-refractivity contribution in [3.63, 3.8) is 0 Å². The van der Waals surface area contributed by atoms with Crippen molar-refractivity contribution in [2.75, 3.05) is 38.3 Å². The lowest BCUT2D eigenvalue weighted by atomic mass is 10.2. The van der Waals surface area contributed by atoms with Crippen LogP contribution in [0.15, 0.2) is 29.4 Å². The highest BCUT2D eigenvalue weighted by atomic mass is 32.2. The third kappa shape index (κ3) is 4.63. The second-order valence-electron chi connectivity index (χ2n) is 6.38. The summed E-state index contributed by atoms with van der Waals surface area (Å²) in [6.07, 6.45) is 0. The van der Waals surface area contributed by atoms with Gasteiger partial charge in [0.05, 0.1) is 24.2 Å². The first-order chi connectivity index (χ1) is 13.5. The summed E-state index contributed by atoms with van der Waals surface area (Å²) in [5.41, 5.74) is 2.07. The van der Waals surface area contributed by atoms with E-state index in [4.69, 9.17) is 4.74 Å². The number of aryl methyl sites for hydroxylation is 1. The average molecular weight is 404 g/mol. The molecule has 2 aromatic rings. The fourth-order valence-electron chi connectivity index (χ4n) is 2.71. The highest BCUT2D eigenvalue weighted by molar-refractivity contribution is 8.00. The number of imide groups is 1. The number of ether oxygens (including phenoxy) is 1. The molecule has 0 spiro atoms. The van der Waals surface area contributed by atoms with Crippen LogP contribution in [0.25, 0.3) is 5.69 Å². The summed E-state index contributed by atoms with van der Waals surface area (Å²) in [4.78, 5) is 25.8. The van der Waals surface area contributed by atoms with Gasteiger partial charge in [-0.25, -0.2) is 4.79 Å². The van der Waals surface area contributed by atoms with Crippen molar-refractivity contribution in [3.05, 3.63) is 29.8 Å². The standard InChI is InChI=1S/C18H24N6O3S/c1-12-4-6-14(7-5-12)24-17(23-8-10-27-11-9-23)21-22-18(24)28-13(2)15(25)20-16(26)19-3/h4-7,13H,8-11H2,1-3H3,(H2,19,20,25,26). The van der Waals surface area contributed by atoms with Crippen LogP contribution in [0.5, 0.6) is 0 Å². The van der Waals surface area contributed by atoms with Gasteiger partial charge in [0.15, 0.2) is 5.16 Å². The predicted octanol–water partition coefficient (Wildman–Crippen LogP) is 1.35. The fraction of sp³-hybridized carbons (Fsp3) is 0.444. The van der Waals surface area contributed by atoms with Crippen molar-refractivity contribution in [1.29, 1.82) is 0 Å². The van der Waals surface area contributed by atoms with E-state index in [2.05, 4.69) is 25.7 Å². The van der Waals surface area contributed by atoms with E-state index >= 15 is 0 Å². The van der Waals surface area contributed by atoms with Crippen molar-refractivity contribution < 1.29 is 14.3 Å². The minimum atomic E-state index is -0.536.